The van der Waals surface area contributed by atoms with Crippen LogP contribution in [0.2, 0.25) is 0 Å². The maximum absolute atomic E-state index is 12.4. The number of aliphatic carboxylic acids is 1. The molecule has 0 radical (unpaired) electrons. The van der Waals surface area contributed by atoms with Crippen molar-refractivity contribution >= 4 is 129 Å². The number of nitrogens with two attached hydrogens (primary N) is 2. The molecular weight excluding hydrogens is 1750 g/mol. The van der Waals surface area contributed by atoms with Crippen molar-refractivity contribution in [2.24, 2.45) is 28.2 Å². The molecule has 0 saturated heterocycles. The number of ether oxygens (including phenoxy) is 5. The number of amides is 4. The number of carboxylic acids is 1. The smallest absolute Gasteiger partial charge is 0.870 e. The van der Waals surface area contributed by atoms with Gasteiger partial charge in [0, 0.05) is 77.2 Å². The van der Waals surface area contributed by atoms with Gasteiger partial charge in [-0.1, -0.05) is 197 Å². The van der Waals surface area contributed by atoms with Gasteiger partial charge in [-0.3, -0.25) is 40.0 Å². The largest absolute Gasteiger partial charge is 1.00 e. The van der Waals surface area contributed by atoms with Crippen LogP contribution in [-0.4, -0.2) is 110 Å². The summed E-state index contributed by atoms with van der Waals surface area (Å²) in [5.41, 5.74) is 22.2. The predicted octanol–water partition coefficient (Wildman–Crippen LogP) is 13.8. The van der Waals surface area contributed by atoms with Crippen LogP contribution in [-0.2, 0) is 61.5 Å². The van der Waals surface area contributed by atoms with E-state index in [2.05, 4.69) is 110 Å². The molecule has 0 bridgehead atoms. The average Bonchev–Trinajstić information content (AvgIpc) is 1.67. The standard InChI is InChI=1S/C22H19N3O4.C19H18IN3O2.C19H20N4O2.C13H14IN3O2.C6H8BNO2.C5H6O2.C2H6.CH4.Li.H2O/c1-15(17-6-4-3-5-7-17)29-22(28)24-21-19(14-23-25(21)2)18-11-8-16(9-12-18)10-13-20(26)27;2*1-13(14-6-4-3-5-7-14)25-19(24)22-18-17(12-21-23(18)2)15-8-10-16(20)11-9-15;1-9(10-6-4-3-5-7-10)19-13(18)16-12-11(14)8-15-17(12)2;8-6-3-1-5(2-4-6)7(9)10;1-3-5(6)7-4-2;1-2;;;/h3-9,11-12,14-15H,1-2H3,(H,24,28)(H,26,27);3-13H,1-2H3,(H,22,24);3-13H,20H2,1-2H3,(H,22,24);3-9H,1-2H3,(H,16,18);1-4,9-10H,8H2;1H,4H2,2H3;1-2H3;1H4;;1H2/q;;;;;;;;+1;/p-1/t15-;2*13-;9-;;;;;;/m1111....../s1. The number of nitrogens with one attached hydrogen (secondary N) is 4. The first kappa shape index (κ1) is 102. The number of hydrogen-bond donors (Lipinski definition) is 9. The number of esters is 1. The Kier molecular flexibility index (Phi) is 44.8. The molecule has 0 aliphatic rings. The Labute approximate surface area is 737 Å². The first-order chi connectivity index (χ1) is 56.1. The van der Waals surface area contributed by atoms with Crippen LogP contribution in [0.15, 0.2) is 243 Å². The van der Waals surface area contributed by atoms with E-state index in [0.29, 0.717) is 57.8 Å². The fourth-order valence-corrected chi connectivity index (χ4v) is 11.2. The second kappa shape index (κ2) is 52.9. The number of carboxylic acid groups (broad SMARTS) is 1. The molecule has 8 aromatic carbocycles. The van der Waals surface area contributed by atoms with Crippen LogP contribution >= 0.6 is 45.2 Å². The second-order valence-corrected chi connectivity index (χ2v) is 27.0. The number of aromatic nitrogens is 8. The third kappa shape index (κ3) is 33.4. The van der Waals surface area contributed by atoms with Gasteiger partial charge in [0.05, 0.1) is 35.0 Å². The maximum Gasteiger partial charge on any atom is 1.00 e. The molecule has 622 valence electrons. The van der Waals surface area contributed by atoms with Gasteiger partial charge >= 0.3 is 62.3 Å². The maximum atomic E-state index is 12.4. The molecule has 4 aromatic heterocycles. The van der Waals surface area contributed by atoms with Gasteiger partial charge in [0.15, 0.2) is 0 Å². The summed E-state index contributed by atoms with van der Waals surface area (Å²) in [5.74, 6) is 6.93. The Hall–Kier alpha value is -12.7. The van der Waals surface area contributed by atoms with Gasteiger partial charge in [-0.05, 0) is 173 Å². The molecule has 4 heterocycles. The van der Waals surface area contributed by atoms with Crippen molar-refractivity contribution in [2.45, 2.75) is 80.3 Å². The summed E-state index contributed by atoms with van der Waals surface area (Å²) in [7, 11) is 5.62. The minimum atomic E-state index is -1.40. The van der Waals surface area contributed by atoms with Gasteiger partial charge in [-0.15, -0.1) is 6.42 Å². The number of aryl methyl sites for hydroxylation is 4. The molecule has 0 unspecified atom stereocenters. The Morgan fingerprint density at radius 2 is 0.750 bits per heavy atom. The van der Waals surface area contributed by atoms with Crippen LogP contribution in [0.3, 0.4) is 0 Å². The quantitative estimate of drug-likeness (QED) is 0.00777. The Morgan fingerprint density at radius 3 is 1.02 bits per heavy atom. The molecule has 12 rings (SSSR count). The molecule has 4 atom stereocenters. The van der Waals surface area contributed by atoms with Crippen LogP contribution in [0.4, 0.5) is 53.8 Å². The second-order valence-electron chi connectivity index (χ2n) is 24.6. The predicted molar refractivity (Wildman–Crippen MR) is 480 cm³/mol. The van der Waals surface area contributed by atoms with Gasteiger partial charge < -0.3 is 55.8 Å². The van der Waals surface area contributed by atoms with E-state index < -0.39 is 49.5 Å². The third-order valence-electron chi connectivity index (χ3n) is 16.3. The van der Waals surface area contributed by atoms with Gasteiger partial charge in [0.1, 0.15) is 47.7 Å². The molecule has 29 nitrogen and oxygen atoms in total. The number of nitrogen functional groups attached to an aromatic ring is 2. The zero-order valence-corrected chi connectivity index (χ0v) is 71.8. The monoisotopic (exact) mass is 1850 g/mol. The topological polar surface area (TPSA) is 411 Å². The van der Waals surface area contributed by atoms with E-state index in [1.54, 1.807) is 140 Å². The third-order valence-corrected chi connectivity index (χ3v) is 17.8. The fourth-order valence-electron chi connectivity index (χ4n) is 10.2. The van der Waals surface area contributed by atoms with E-state index in [4.69, 9.17) is 45.6 Å². The number of halogens is 2. The van der Waals surface area contributed by atoms with Crippen molar-refractivity contribution in [1.29, 1.82) is 0 Å². The van der Waals surface area contributed by atoms with E-state index in [0.717, 1.165) is 57.2 Å². The average molecular weight is 1850 g/mol. The molecule has 12 aromatic rings. The van der Waals surface area contributed by atoms with Crippen LogP contribution in [0.1, 0.15) is 108 Å². The minimum Gasteiger partial charge on any atom is -0.870 e. The number of rotatable bonds is 17. The molecule has 12 N–H and O–H groups in total. The van der Waals surface area contributed by atoms with Crippen molar-refractivity contribution < 1.29 is 91.9 Å². The van der Waals surface area contributed by atoms with Crippen molar-refractivity contribution in [1.82, 2.24) is 39.1 Å². The number of anilines is 6. The summed E-state index contributed by atoms with van der Waals surface area (Å²) >= 11 is 4.36. The summed E-state index contributed by atoms with van der Waals surface area (Å²) in [4.78, 5) is 69.3. The van der Waals surface area contributed by atoms with E-state index in [1.807, 2.05) is 204 Å². The number of nitrogens with zero attached hydrogens (tertiary/aromatic N) is 8. The van der Waals surface area contributed by atoms with Crippen LogP contribution in [0.5, 0.6) is 0 Å². The van der Waals surface area contributed by atoms with E-state index in [-0.39, 0.29) is 50.1 Å². The summed E-state index contributed by atoms with van der Waals surface area (Å²) in [5, 5.41) is 53.6. The van der Waals surface area contributed by atoms with Crippen LogP contribution in [0, 0.1) is 31.3 Å². The number of benzene rings is 8. The Bertz CT molecular complexity index is 5080. The Morgan fingerprint density at radius 1 is 0.467 bits per heavy atom. The Balaban J connectivity index is 0.000000384. The van der Waals surface area contributed by atoms with E-state index in [1.165, 1.54) is 0 Å². The number of terminal acetylenes is 1. The first-order valence-electron chi connectivity index (χ1n) is 36.3. The molecule has 33 heteroatoms. The summed E-state index contributed by atoms with van der Waals surface area (Å²) in [6.07, 6.45) is 7.87. The van der Waals surface area contributed by atoms with Crippen LogP contribution in [0.25, 0.3) is 33.4 Å². The van der Waals surface area contributed by atoms with Gasteiger partial charge in [-0.2, -0.15) is 20.4 Å². The van der Waals surface area contributed by atoms with Gasteiger partial charge in [0.2, 0.25) is 0 Å². The van der Waals surface area contributed by atoms with E-state index in [9.17, 15) is 28.8 Å². The molecule has 0 aliphatic heterocycles. The van der Waals surface area contributed by atoms with Gasteiger partial charge in [0.25, 0.3) is 0 Å². The molecule has 0 fully saturated rings. The molecular formula is C87H96BI2LiN14O15. The summed E-state index contributed by atoms with van der Waals surface area (Å²) < 4.78 is 34.4. The first-order valence-corrected chi connectivity index (χ1v) is 38.4. The van der Waals surface area contributed by atoms with Gasteiger partial charge in [-0.25, -0.2) is 28.8 Å². The summed E-state index contributed by atoms with van der Waals surface area (Å²) in [6.45, 7) is 13.4. The molecule has 0 spiro atoms. The van der Waals surface area contributed by atoms with Crippen molar-refractivity contribution in [3.63, 3.8) is 0 Å². The number of carbonyl (C=O) groups is 6. The minimum absolute atomic E-state index is 0. The van der Waals surface area contributed by atoms with Crippen molar-refractivity contribution in [2.75, 3.05) is 39.3 Å². The normalized spacial score (nSPS) is 10.7. The fraction of sp³-hybridized carbons (Fsp3) is 0.195. The van der Waals surface area contributed by atoms with Crippen molar-refractivity contribution in [3.8, 4) is 57.6 Å². The molecule has 4 amide bonds. The molecule has 0 aliphatic carbocycles. The SMILES string of the molecule is C.C#CC(=O)OCC.CC.C[C@@H](OC(=O)Nc1c(-c2ccc(C#CC(=O)O)cc2)cnn1C)c1ccccc1.C[C@@H](OC(=O)Nc1c(-c2ccc(I)cc2)cnn1C)c1ccccc1.C[C@@H](OC(=O)Nc1c(-c2ccc(N)cc2)cnn1C)c1ccccc1.C[C@@H](OC(=O)Nc1c(I)cnn1C)c1ccccc1.Nc1ccc(B(O)O)cc1.[Li+].[OH-]. The number of carbonyl (C=O) groups excluding carboxylic acids is 5. The molecule has 120 heavy (non-hydrogen) atoms. The summed E-state index contributed by atoms with van der Waals surface area (Å²) in [6, 6.07) is 67.0. The van der Waals surface area contributed by atoms with Crippen LogP contribution < -0.4 is 57.1 Å². The zero-order valence-electron chi connectivity index (χ0n) is 67.5. The van der Waals surface area contributed by atoms with Crippen molar-refractivity contribution in [3.05, 3.63) is 278 Å². The zero-order chi connectivity index (χ0) is 85.5. The molecule has 0 saturated carbocycles. The van der Waals surface area contributed by atoms with E-state index >= 15 is 0 Å². The number of hydrogen-bond acceptors (Lipinski definition) is 20.